The van der Waals surface area contributed by atoms with E-state index in [0.29, 0.717) is 40.1 Å². The number of carbonyl (C=O) groups excluding carboxylic acids is 15. The second-order valence-corrected chi connectivity index (χ2v) is 27.8. The first-order chi connectivity index (χ1) is 53.1. The number of unbranched alkanes of at least 4 members (excludes halogenated alkanes) is 4. The van der Waals surface area contributed by atoms with Crippen molar-refractivity contribution in [2.45, 2.75) is 236 Å². The number of esters is 1. The number of primary amides is 1. The lowest BCUT2D eigenvalue weighted by molar-refractivity contribution is -0.159. The number of hydrogen-bond acceptors (Lipinski definition) is 23. The molecular weight excluding hydrogens is 1490 g/mol. The number of nitrogens with two attached hydrogens (primary N) is 2. The van der Waals surface area contributed by atoms with E-state index >= 15 is 0 Å². The molecule has 2 heterocycles. The molecule has 3 rings (SSSR count). The molecule has 22 N–H and O–H groups in total. The molecule has 1 aromatic carbocycles. The molecule has 0 saturated carbocycles. The number of aliphatic hydroxyl groups is 1. The number of methoxy groups -OCH3 is 1. The van der Waals surface area contributed by atoms with Crippen LogP contribution in [-0.2, 0) is 107 Å². The zero-order valence-electron chi connectivity index (χ0n) is 64.5. The van der Waals surface area contributed by atoms with E-state index in [2.05, 4.69) is 82.6 Å². The van der Waals surface area contributed by atoms with Gasteiger partial charge in [0.1, 0.15) is 72.6 Å². The summed E-state index contributed by atoms with van der Waals surface area (Å²) >= 11 is 0. The van der Waals surface area contributed by atoms with Crippen molar-refractivity contribution in [3.8, 4) is 0 Å². The van der Waals surface area contributed by atoms with E-state index in [1.165, 1.54) is 13.8 Å². The van der Waals surface area contributed by atoms with Crippen LogP contribution in [0.3, 0.4) is 0 Å². The molecule has 1 fully saturated rings. The van der Waals surface area contributed by atoms with Crippen LogP contribution in [0.4, 0.5) is 0 Å². The maximum atomic E-state index is 14.9. The van der Waals surface area contributed by atoms with Gasteiger partial charge in [-0.3, -0.25) is 81.5 Å². The van der Waals surface area contributed by atoms with Crippen molar-refractivity contribution in [2.75, 3.05) is 33.8 Å². The molecule has 42 nitrogen and oxygen atoms in total. The minimum absolute atomic E-state index is 0.0151. The molecule has 1 aliphatic rings. The number of aromatic nitrogens is 1. The van der Waals surface area contributed by atoms with Gasteiger partial charge in [0.05, 0.1) is 19.5 Å². The first-order valence-electron chi connectivity index (χ1n) is 36.8. The van der Waals surface area contributed by atoms with Crippen LogP contribution in [0, 0.1) is 11.8 Å². The maximum absolute atomic E-state index is 14.9. The standard InChI is InChI=1S/C71H108N16O26/c1-10-35(4)19-13-11-12-14-23-47(88)78-45(29-39-31-74-41-21-16-15-20-40(39)41)65(104)81-44(25-27-51(93)94)64(103)85-55(57(97)59(73)98)68(107)84-54-38(7)113-71(111)53(34(2)3)83-63(102)43(24-26-50(91)92)79-60(99)36(5)76-48(89)32-75-67(106)56(58(112-9)70(109)110)86-62(101)42(22-17-18-28-72)80-66(105)46(30-52(95)96)82-61(100)37(6)77-49(90)33-87(8)69(54)108/h15-16,20-21,31,34-38,42-46,53-58,74,97H,10-14,17-19,22-30,32-33,72H2,1-9H3,(H2,73,98)(H,75,106)(H,76,89)(H,77,90)(H,78,88)(H,79,99)(H,80,105)(H,81,104)(H,82,100)(H,83,102)(H,84,107)(H,85,103)(H,86,101)(H,91,92)(H,93,94)(H,95,96)(H,109,110). The molecule has 113 heavy (non-hydrogen) atoms. The number of aliphatic carboxylic acids is 4. The van der Waals surface area contributed by atoms with Crippen molar-refractivity contribution in [1.82, 2.24) is 73.7 Å². The molecule has 1 saturated heterocycles. The number of carboxylic acid groups (broad SMARTS) is 4. The third-order valence-electron chi connectivity index (χ3n) is 18.3. The van der Waals surface area contributed by atoms with Gasteiger partial charge in [-0.25, -0.2) is 9.59 Å². The number of aliphatic hydroxyl groups excluding tert-OH is 1. The Hall–Kier alpha value is -11.4. The Morgan fingerprint density at radius 3 is 1.79 bits per heavy atom. The molecule has 0 aliphatic carbocycles. The summed E-state index contributed by atoms with van der Waals surface area (Å²) in [5, 5.41) is 78.2. The summed E-state index contributed by atoms with van der Waals surface area (Å²) in [6.45, 7) is 7.81. The van der Waals surface area contributed by atoms with E-state index in [9.17, 15) is 117 Å². The molecule has 0 spiro atoms. The number of nitrogens with one attached hydrogen (secondary N) is 13. The van der Waals surface area contributed by atoms with Crippen molar-refractivity contribution < 1.29 is 126 Å². The Morgan fingerprint density at radius 1 is 0.628 bits per heavy atom. The minimum atomic E-state index is -2.78. The summed E-state index contributed by atoms with van der Waals surface area (Å²) in [6, 6.07) is -14.7. The third kappa shape index (κ3) is 32.4. The number of hydrogen-bond donors (Lipinski definition) is 20. The highest BCUT2D eigenvalue weighted by Gasteiger charge is 2.43. The van der Waals surface area contributed by atoms with Crippen LogP contribution in [0.25, 0.3) is 10.9 Å². The second-order valence-electron chi connectivity index (χ2n) is 27.8. The van der Waals surface area contributed by atoms with Gasteiger partial charge in [0, 0.05) is 56.9 Å². The summed E-state index contributed by atoms with van der Waals surface area (Å²) < 4.78 is 10.7. The van der Waals surface area contributed by atoms with Gasteiger partial charge >= 0.3 is 29.8 Å². The van der Waals surface area contributed by atoms with Gasteiger partial charge in [-0.15, -0.1) is 0 Å². The van der Waals surface area contributed by atoms with Gasteiger partial charge in [-0.2, -0.15) is 0 Å². The van der Waals surface area contributed by atoms with Crippen molar-refractivity contribution in [1.29, 1.82) is 0 Å². The van der Waals surface area contributed by atoms with Gasteiger partial charge < -0.3 is 120 Å². The largest absolute Gasteiger partial charge is 0.481 e. The van der Waals surface area contributed by atoms with Crippen molar-refractivity contribution in [2.24, 2.45) is 23.3 Å². The number of ether oxygens (including phenoxy) is 2. The summed E-state index contributed by atoms with van der Waals surface area (Å²) in [6.07, 6.45) is -5.21. The highest BCUT2D eigenvalue weighted by molar-refractivity contribution is 6.02. The van der Waals surface area contributed by atoms with Crippen LogP contribution in [0.15, 0.2) is 30.5 Å². The fourth-order valence-electron chi connectivity index (χ4n) is 11.5. The van der Waals surface area contributed by atoms with Crippen molar-refractivity contribution in [3.05, 3.63) is 36.0 Å². The number of likely N-dealkylation sites (N-methyl/N-ethyl adjacent to an activating group) is 1. The Labute approximate surface area is 650 Å². The van der Waals surface area contributed by atoms with E-state index in [1.807, 2.05) is 0 Å². The van der Waals surface area contributed by atoms with E-state index < -0.39 is 248 Å². The van der Waals surface area contributed by atoms with Gasteiger partial charge in [0.2, 0.25) is 82.7 Å². The maximum Gasteiger partial charge on any atom is 0.335 e. The van der Waals surface area contributed by atoms with Crippen LogP contribution in [0.1, 0.15) is 150 Å². The van der Waals surface area contributed by atoms with E-state index in [1.54, 1.807) is 30.5 Å². The molecule has 0 radical (unpaired) electrons. The molecule has 0 bridgehead atoms. The van der Waals surface area contributed by atoms with Crippen LogP contribution in [0.2, 0.25) is 0 Å². The van der Waals surface area contributed by atoms with Crippen molar-refractivity contribution in [3.63, 3.8) is 0 Å². The number of carboxylic acids is 4. The smallest absolute Gasteiger partial charge is 0.335 e. The van der Waals surface area contributed by atoms with Gasteiger partial charge in [-0.1, -0.05) is 78.0 Å². The predicted octanol–water partition coefficient (Wildman–Crippen LogP) is -5.08. The van der Waals surface area contributed by atoms with Crippen molar-refractivity contribution >= 4 is 123 Å². The minimum Gasteiger partial charge on any atom is -0.481 e. The second kappa shape index (κ2) is 47.7. The number of H-pyrrole nitrogens is 1. The van der Waals surface area contributed by atoms with E-state index in [0.717, 1.165) is 60.6 Å². The highest BCUT2D eigenvalue weighted by atomic mass is 16.5. The number of fused-ring (bicyclic) bond motifs is 1. The van der Waals surface area contributed by atoms with Crippen LogP contribution in [0.5, 0.6) is 0 Å². The lowest BCUT2D eigenvalue weighted by atomic mass is 10.00. The number of carbonyl (C=O) groups is 19. The lowest BCUT2D eigenvalue weighted by Gasteiger charge is -2.32. The Bertz CT molecular complexity index is 3720. The Balaban J connectivity index is 2.21. The van der Waals surface area contributed by atoms with Crippen LogP contribution >= 0.6 is 0 Å². The summed E-state index contributed by atoms with van der Waals surface area (Å²) in [7, 11) is 1.75. The first kappa shape index (κ1) is 95.8. The van der Waals surface area contributed by atoms with Crippen LogP contribution < -0.4 is 75.3 Å². The topological polar surface area (TPSA) is 659 Å². The van der Waals surface area contributed by atoms with E-state index in [-0.39, 0.29) is 38.6 Å². The quantitative estimate of drug-likeness (QED) is 0.0227. The fourth-order valence-corrected chi connectivity index (χ4v) is 11.5. The predicted molar refractivity (Wildman–Crippen MR) is 395 cm³/mol. The molecule has 628 valence electrons. The van der Waals surface area contributed by atoms with Crippen LogP contribution in [-0.4, -0.2) is 267 Å². The van der Waals surface area contributed by atoms with Gasteiger partial charge in [0.15, 0.2) is 12.2 Å². The van der Waals surface area contributed by atoms with E-state index in [4.69, 9.17) is 20.9 Å². The Kier molecular flexibility index (Phi) is 40.4. The molecule has 2 aromatic rings. The number of para-hydroxylation sites is 1. The molecular formula is C71H108N16O26. The van der Waals surface area contributed by atoms with Gasteiger partial charge in [0.25, 0.3) is 0 Å². The number of benzene rings is 1. The third-order valence-corrected chi connectivity index (χ3v) is 18.3. The summed E-state index contributed by atoms with van der Waals surface area (Å²) in [4.78, 5) is 263. The zero-order chi connectivity index (χ0) is 85.1. The summed E-state index contributed by atoms with van der Waals surface area (Å²) in [5.74, 6) is -26.7. The molecule has 1 aliphatic heterocycles. The van der Waals surface area contributed by atoms with Gasteiger partial charge in [-0.05, 0) is 89.3 Å². The number of amides is 14. The SMILES string of the molecule is CCC(C)CCCCCCC(=O)NC(Cc1c[nH]c2ccccc12)C(=O)NC(CCC(=O)O)C(=O)NC(C(=O)NC1C(=O)N(C)CC(=O)NC(C)C(=O)NC(CC(=O)O)C(=O)NC(CCCCN)C(=O)NC(C(OC)C(=O)O)C(=O)NCC(=O)NC(C)C(=O)NC(CCC(=O)O)C(=O)NC(C(C)C)C(=O)OC1C)C(O)C(N)=O. The highest BCUT2D eigenvalue weighted by Crippen LogP contribution is 2.21. The Morgan fingerprint density at radius 2 is 1.20 bits per heavy atom. The molecule has 1 aromatic heterocycles. The molecule has 15 atom stereocenters. The molecule has 15 unspecified atom stereocenters. The average molecular weight is 1600 g/mol. The first-order valence-corrected chi connectivity index (χ1v) is 36.8. The summed E-state index contributed by atoms with van der Waals surface area (Å²) in [5.41, 5.74) is 12.3. The monoisotopic (exact) mass is 1600 g/mol. The number of nitrogens with zero attached hydrogens (tertiary/aromatic N) is 1. The normalized spacial score (nSPS) is 22.2. The number of rotatable bonds is 35. The lowest BCUT2D eigenvalue weighted by Crippen LogP contribution is -2.64. The molecule has 14 amide bonds. The average Bonchev–Trinajstić information content (AvgIpc) is 1.78. The molecule has 42 heteroatoms. The fraction of sp³-hybridized carbons (Fsp3) is 0.620. The zero-order valence-corrected chi connectivity index (χ0v) is 64.5. The number of cyclic esters (lactones) is 1. The number of aromatic amines is 1.